The number of benzene rings is 1. The number of nitrogens with zero attached hydrogens (tertiary/aromatic N) is 3. The van der Waals surface area contributed by atoms with Crippen LogP contribution in [-0.2, 0) is 6.54 Å². The van der Waals surface area contributed by atoms with E-state index in [0.717, 1.165) is 37.7 Å². The largest absolute Gasteiger partial charge is 0.350 e. The van der Waals surface area contributed by atoms with E-state index >= 15 is 0 Å². The third-order valence-corrected chi connectivity index (χ3v) is 5.37. The molecule has 3 aromatic rings. The molecule has 0 spiro atoms. The van der Waals surface area contributed by atoms with E-state index in [9.17, 15) is 0 Å². The van der Waals surface area contributed by atoms with Crippen molar-refractivity contribution in [1.82, 2.24) is 14.9 Å². The van der Waals surface area contributed by atoms with Gasteiger partial charge in [-0.05, 0) is 41.8 Å². The first-order valence-corrected chi connectivity index (χ1v) is 8.89. The Morgan fingerprint density at radius 1 is 1.30 bits per heavy atom. The summed E-state index contributed by atoms with van der Waals surface area (Å²) in [7, 11) is 0. The molecule has 0 bridgehead atoms. The van der Waals surface area contributed by atoms with Crippen LogP contribution in [0.3, 0.4) is 0 Å². The van der Waals surface area contributed by atoms with Crippen LogP contribution in [0.5, 0.6) is 0 Å². The van der Waals surface area contributed by atoms with Crippen LogP contribution in [-0.4, -0.2) is 34.0 Å². The average Bonchev–Trinajstić information content (AvgIpc) is 3.16. The molecule has 4 rings (SSSR count). The van der Waals surface area contributed by atoms with Gasteiger partial charge >= 0.3 is 0 Å². The van der Waals surface area contributed by atoms with Crippen LogP contribution >= 0.6 is 11.3 Å². The Labute approximate surface area is 140 Å². The zero-order chi connectivity index (χ0) is 15.6. The predicted octanol–water partition coefficient (Wildman–Crippen LogP) is 3.69. The molecule has 118 valence electrons. The monoisotopic (exact) mass is 324 g/mol. The molecule has 1 aromatic carbocycles. The van der Waals surface area contributed by atoms with Crippen molar-refractivity contribution in [2.75, 3.05) is 18.4 Å². The number of aryl methyl sites for hydroxylation is 1. The van der Waals surface area contributed by atoms with E-state index in [-0.39, 0.29) is 0 Å². The molecule has 4 nitrogen and oxygen atoms in total. The lowest BCUT2D eigenvalue weighted by atomic mass is 10.2. The highest BCUT2D eigenvalue weighted by Gasteiger charge is 2.23. The van der Waals surface area contributed by atoms with E-state index in [2.05, 4.69) is 49.8 Å². The van der Waals surface area contributed by atoms with Gasteiger partial charge in [-0.2, -0.15) is 0 Å². The second-order valence-corrected chi connectivity index (χ2v) is 7.06. The van der Waals surface area contributed by atoms with Gasteiger partial charge in [-0.15, -0.1) is 11.3 Å². The van der Waals surface area contributed by atoms with E-state index in [1.165, 1.54) is 15.6 Å². The number of fused-ring (bicyclic) bond motifs is 1. The van der Waals surface area contributed by atoms with Gasteiger partial charge in [-0.25, -0.2) is 9.97 Å². The van der Waals surface area contributed by atoms with E-state index in [1.54, 1.807) is 0 Å². The molecule has 0 radical (unpaired) electrons. The molecule has 1 unspecified atom stereocenters. The summed E-state index contributed by atoms with van der Waals surface area (Å²) in [6.45, 7) is 5.18. The Balaban J connectivity index is 1.40. The van der Waals surface area contributed by atoms with E-state index in [0.29, 0.717) is 6.04 Å². The third kappa shape index (κ3) is 3.21. The van der Waals surface area contributed by atoms with Gasteiger partial charge in [0.25, 0.3) is 0 Å². The summed E-state index contributed by atoms with van der Waals surface area (Å²) in [5, 5.41) is 7.17. The second kappa shape index (κ2) is 6.26. The molecule has 1 aliphatic rings. The molecular weight excluding hydrogens is 304 g/mol. The van der Waals surface area contributed by atoms with Gasteiger partial charge in [0.05, 0.1) is 0 Å². The molecule has 2 aromatic heterocycles. The molecule has 3 heterocycles. The van der Waals surface area contributed by atoms with E-state index < -0.39 is 0 Å². The van der Waals surface area contributed by atoms with Crippen molar-refractivity contribution in [3.63, 3.8) is 0 Å². The molecule has 0 amide bonds. The maximum atomic E-state index is 4.44. The number of nitrogens with one attached hydrogen (secondary N) is 1. The Hall–Kier alpha value is -1.98. The summed E-state index contributed by atoms with van der Waals surface area (Å²) < 4.78 is 1.38. The van der Waals surface area contributed by atoms with Crippen molar-refractivity contribution in [3.8, 4) is 0 Å². The van der Waals surface area contributed by atoms with E-state index in [1.807, 2.05) is 30.5 Å². The van der Waals surface area contributed by atoms with E-state index in [4.69, 9.17) is 0 Å². The topological polar surface area (TPSA) is 41.1 Å². The van der Waals surface area contributed by atoms with Gasteiger partial charge in [0.1, 0.15) is 0 Å². The zero-order valence-corrected chi connectivity index (χ0v) is 14.0. The first-order chi connectivity index (χ1) is 11.3. The van der Waals surface area contributed by atoms with Crippen molar-refractivity contribution in [2.24, 2.45) is 0 Å². The van der Waals surface area contributed by atoms with Gasteiger partial charge in [0.2, 0.25) is 5.95 Å². The summed E-state index contributed by atoms with van der Waals surface area (Å²) in [4.78, 5) is 11.3. The number of hydrogen-bond donors (Lipinski definition) is 1. The molecule has 1 atom stereocenters. The minimum absolute atomic E-state index is 0.432. The van der Waals surface area contributed by atoms with Crippen LogP contribution in [0.1, 0.15) is 17.7 Å². The fraction of sp³-hybridized carbons (Fsp3) is 0.333. The highest BCUT2D eigenvalue weighted by Crippen LogP contribution is 2.27. The van der Waals surface area contributed by atoms with Gasteiger partial charge in [0.15, 0.2) is 0 Å². The second-order valence-electron chi connectivity index (χ2n) is 6.14. The number of thiophene rings is 1. The molecule has 0 saturated carbocycles. The Kier molecular flexibility index (Phi) is 3.97. The van der Waals surface area contributed by atoms with Gasteiger partial charge in [-0.3, -0.25) is 4.90 Å². The number of hydrogen-bond acceptors (Lipinski definition) is 5. The highest BCUT2D eigenvalue weighted by atomic mass is 32.1. The zero-order valence-electron chi connectivity index (χ0n) is 13.2. The smallest absolute Gasteiger partial charge is 0.223 e. The number of anilines is 1. The minimum Gasteiger partial charge on any atom is -0.350 e. The van der Waals surface area contributed by atoms with Crippen molar-refractivity contribution in [3.05, 3.63) is 53.2 Å². The van der Waals surface area contributed by atoms with Crippen molar-refractivity contribution >= 4 is 27.4 Å². The van der Waals surface area contributed by atoms with Crippen LogP contribution in [0.2, 0.25) is 0 Å². The fourth-order valence-electron chi connectivity index (χ4n) is 3.19. The fourth-order valence-corrected chi connectivity index (χ4v) is 4.15. The van der Waals surface area contributed by atoms with Crippen LogP contribution in [0, 0.1) is 6.92 Å². The lowest BCUT2D eigenvalue weighted by Crippen LogP contribution is -2.26. The predicted molar refractivity (Wildman–Crippen MR) is 95.9 cm³/mol. The molecule has 1 N–H and O–H groups in total. The highest BCUT2D eigenvalue weighted by molar-refractivity contribution is 7.17. The molecule has 23 heavy (non-hydrogen) atoms. The lowest BCUT2D eigenvalue weighted by Gasteiger charge is -2.16. The molecule has 5 heteroatoms. The van der Waals surface area contributed by atoms with Crippen LogP contribution in [0.4, 0.5) is 5.95 Å². The molecule has 1 saturated heterocycles. The van der Waals surface area contributed by atoms with Crippen molar-refractivity contribution in [1.29, 1.82) is 0 Å². The average molecular weight is 324 g/mol. The van der Waals surface area contributed by atoms with Crippen LogP contribution < -0.4 is 5.32 Å². The van der Waals surface area contributed by atoms with Gasteiger partial charge < -0.3 is 5.32 Å². The van der Waals surface area contributed by atoms with Crippen molar-refractivity contribution in [2.45, 2.75) is 25.9 Å². The minimum atomic E-state index is 0.432. The summed E-state index contributed by atoms with van der Waals surface area (Å²) in [5.41, 5.74) is 2.44. The summed E-state index contributed by atoms with van der Waals surface area (Å²) in [6.07, 6.45) is 2.95. The standard InChI is InChI=1S/C18H20N4S/c1-13-6-8-19-18(20-13)21-15-7-9-22(11-15)10-14-12-23-17-5-3-2-4-16(14)17/h2-6,8,12,15H,7,9-11H2,1H3,(H,19,20,21). The third-order valence-electron chi connectivity index (χ3n) is 4.36. The van der Waals surface area contributed by atoms with Crippen LogP contribution in [0.25, 0.3) is 10.1 Å². The summed E-state index contributed by atoms with van der Waals surface area (Å²) in [5.74, 6) is 0.748. The summed E-state index contributed by atoms with van der Waals surface area (Å²) >= 11 is 1.84. The quantitative estimate of drug-likeness (QED) is 0.795. The van der Waals surface area contributed by atoms with Gasteiger partial charge in [-0.1, -0.05) is 18.2 Å². The summed E-state index contributed by atoms with van der Waals surface area (Å²) in [6, 6.07) is 11.0. The SMILES string of the molecule is Cc1ccnc(NC2CCN(Cc3csc4ccccc34)C2)n1. The molecule has 0 aliphatic carbocycles. The number of aromatic nitrogens is 2. The Bertz CT molecular complexity index is 813. The first-order valence-electron chi connectivity index (χ1n) is 8.01. The normalized spacial score (nSPS) is 18.6. The Morgan fingerprint density at radius 3 is 3.13 bits per heavy atom. The lowest BCUT2D eigenvalue weighted by molar-refractivity contribution is 0.330. The molecule has 1 fully saturated rings. The van der Waals surface area contributed by atoms with Gasteiger partial charge in [0, 0.05) is 42.3 Å². The van der Waals surface area contributed by atoms with Crippen molar-refractivity contribution < 1.29 is 0 Å². The molecule has 1 aliphatic heterocycles. The maximum Gasteiger partial charge on any atom is 0.223 e. The molecular formula is C18H20N4S. The van der Waals surface area contributed by atoms with Crippen LogP contribution in [0.15, 0.2) is 41.9 Å². The maximum absolute atomic E-state index is 4.44. The first kappa shape index (κ1) is 14.6. The Morgan fingerprint density at radius 2 is 2.22 bits per heavy atom. The number of likely N-dealkylation sites (tertiary alicyclic amines) is 1. The number of rotatable bonds is 4.